The van der Waals surface area contributed by atoms with E-state index in [0.717, 1.165) is 23.4 Å². The summed E-state index contributed by atoms with van der Waals surface area (Å²) in [5.74, 6) is 1.52. The van der Waals surface area contributed by atoms with Gasteiger partial charge in [0.1, 0.15) is 11.0 Å². The summed E-state index contributed by atoms with van der Waals surface area (Å²) in [5.41, 5.74) is 3.33. The van der Waals surface area contributed by atoms with E-state index in [2.05, 4.69) is 24.8 Å². The Hall–Kier alpha value is -1.20. The second-order valence-electron chi connectivity index (χ2n) is 6.11. The number of nitrogens with zero attached hydrogens (tertiary/aromatic N) is 1. The van der Waals surface area contributed by atoms with Crippen LogP contribution in [0, 0.1) is 6.92 Å². The normalized spacial score (nSPS) is 19.4. The predicted octanol–water partition coefficient (Wildman–Crippen LogP) is 2.91. The summed E-state index contributed by atoms with van der Waals surface area (Å²) in [7, 11) is 1.43. The third kappa shape index (κ3) is 3.96. The quantitative estimate of drug-likeness (QED) is 0.864. The number of esters is 1. The van der Waals surface area contributed by atoms with E-state index in [4.69, 9.17) is 4.74 Å². The molecule has 1 atom stereocenters. The van der Waals surface area contributed by atoms with Gasteiger partial charge in [0.15, 0.2) is 0 Å². The number of rotatable bonds is 4. The lowest BCUT2D eigenvalue weighted by atomic mass is 9.95. The van der Waals surface area contributed by atoms with Crippen LogP contribution in [0.3, 0.4) is 0 Å². The van der Waals surface area contributed by atoms with E-state index in [-0.39, 0.29) is 11.2 Å². The molecule has 0 spiro atoms. The van der Waals surface area contributed by atoms with Crippen molar-refractivity contribution in [1.29, 1.82) is 0 Å². The average molecular weight is 323 g/mol. The molecule has 0 unspecified atom stereocenters. The molecule has 0 aliphatic carbocycles. The number of hydrogen-bond acceptors (Lipinski definition) is 5. The Balaban J connectivity index is 2.13. The molecule has 1 aromatic carbocycles. The molecule has 22 heavy (non-hydrogen) atoms. The third-order valence-corrected chi connectivity index (χ3v) is 5.26. The first-order chi connectivity index (χ1) is 10.4. The minimum absolute atomic E-state index is 0.129. The summed E-state index contributed by atoms with van der Waals surface area (Å²) >= 11 is 1.65. The number of aromatic hydroxyl groups is 1. The summed E-state index contributed by atoms with van der Waals surface area (Å²) in [5, 5.41) is 10.1. The standard InChI is InChI=1S/C17H25NO3S/c1-11(2)14-8-13(15(19)7-12(14)3)9-18-5-6-22-16(10-18)17(20)21-4/h7-8,11,16,19H,5-6,9-10H2,1-4H3/t16-/m1/s1. The number of hydrogen-bond donors (Lipinski definition) is 1. The largest absolute Gasteiger partial charge is 0.508 e. The third-order valence-electron chi connectivity index (χ3n) is 4.10. The van der Waals surface area contributed by atoms with Crippen molar-refractivity contribution in [2.75, 3.05) is 26.0 Å². The van der Waals surface area contributed by atoms with Gasteiger partial charge in [-0.2, -0.15) is 0 Å². The topological polar surface area (TPSA) is 49.8 Å². The SMILES string of the molecule is COC(=O)[C@H]1CN(Cc2cc(C(C)C)c(C)cc2O)CCS1. The number of phenols is 1. The zero-order valence-electron chi connectivity index (χ0n) is 13.8. The first-order valence-corrected chi connectivity index (χ1v) is 8.71. The van der Waals surface area contributed by atoms with Crippen LogP contribution in [0.25, 0.3) is 0 Å². The number of aryl methyl sites for hydroxylation is 1. The minimum Gasteiger partial charge on any atom is -0.508 e. The molecule has 0 aromatic heterocycles. The van der Waals surface area contributed by atoms with E-state index in [1.54, 1.807) is 11.8 Å². The van der Waals surface area contributed by atoms with Gasteiger partial charge in [-0.15, -0.1) is 11.8 Å². The van der Waals surface area contributed by atoms with Crippen LogP contribution in [0.15, 0.2) is 12.1 Å². The molecule has 0 saturated carbocycles. The van der Waals surface area contributed by atoms with E-state index >= 15 is 0 Å². The maximum atomic E-state index is 11.7. The molecule has 1 aromatic rings. The maximum absolute atomic E-state index is 11.7. The maximum Gasteiger partial charge on any atom is 0.320 e. The average Bonchev–Trinajstić information content (AvgIpc) is 2.49. The Morgan fingerprint density at radius 1 is 1.50 bits per heavy atom. The smallest absolute Gasteiger partial charge is 0.320 e. The van der Waals surface area contributed by atoms with Gasteiger partial charge in [-0.25, -0.2) is 0 Å². The number of carbonyl (C=O) groups is 1. The van der Waals surface area contributed by atoms with Crippen LogP contribution in [-0.2, 0) is 16.1 Å². The van der Waals surface area contributed by atoms with Crippen molar-refractivity contribution >= 4 is 17.7 Å². The van der Waals surface area contributed by atoms with Crippen molar-refractivity contribution in [3.05, 3.63) is 28.8 Å². The van der Waals surface area contributed by atoms with Gasteiger partial charge in [0.05, 0.1) is 7.11 Å². The Bertz CT molecular complexity index is 545. The molecule has 1 heterocycles. The lowest BCUT2D eigenvalue weighted by molar-refractivity contribution is -0.140. The van der Waals surface area contributed by atoms with Crippen molar-refractivity contribution < 1.29 is 14.6 Å². The molecule has 1 aliphatic rings. The summed E-state index contributed by atoms with van der Waals surface area (Å²) in [4.78, 5) is 13.9. The number of thioether (sulfide) groups is 1. The lowest BCUT2D eigenvalue weighted by Crippen LogP contribution is -2.41. The number of ether oxygens (including phenoxy) is 1. The van der Waals surface area contributed by atoms with E-state index in [1.165, 1.54) is 12.7 Å². The van der Waals surface area contributed by atoms with Gasteiger partial charge in [-0.05, 0) is 30.0 Å². The van der Waals surface area contributed by atoms with Crippen molar-refractivity contribution in [2.45, 2.75) is 38.5 Å². The van der Waals surface area contributed by atoms with E-state index in [0.29, 0.717) is 24.8 Å². The number of methoxy groups -OCH3 is 1. The van der Waals surface area contributed by atoms with Crippen LogP contribution in [0.1, 0.15) is 36.5 Å². The molecule has 4 nitrogen and oxygen atoms in total. The predicted molar refractivity (Wildman–Crippen MR) is 90.5 cm³/mol. The van der Waals surface area contributed by atoms with Crippen molar-refractivity contribution in [3.8, 4) is 5.75 Å². The van der Waals surface area contributed by atoms with E-state index in [9.17, 15) is 9.90 Å². The first-order valence-electron chi connectivity index (χ1n) is 7.66. The Morgan fingerprint density at radius 2 is 2.23 bits per heavy atom. The second-order valence-corrected chi connectivity index (χ2v) is 7.42. The fourth-order valence-corrected chi connectivity index (χ4v) is 4.06. The van der Waals surface area contributed by atoms with Gasteiger partial charge in [-0.1, -0.05) is 19.9 Å². The molecule has 1 aliphatic heterocycles. The fraction of sp³-hybridized carbons (Fsp3) is 0.588. The van der Waals surface area contributed by atoms with Crippen LogP contribution in [-0.4, -0.2) is 47.2 Å². The summed E-state index contributed by atoms with van der Waals surface area (Å²) in [6.07, 6.45) is 0. The molecular formula is C17H25NO3S. The first kappa shape index (κ1) is 17.2. The van der Waals surface area contributed by atoms with Gasteiger partial charge < -0.3 is 9.84 Å². The lowest BCUT2D eigenvalue weighted by Gasteiger charge is -2.31. The number of carbonyl (C=O) groups excluding carboxylic acids is 1. The van der Waals surface area contributed by atoms with E-state index in [1.807, 2.05) is 13.0 Å². The van der Waals surface area contributed by atoms with Gasteiger partial charge >= 0.3 is 5.97 Å². The van der Waals surface area contributed by atoms with Crippen LogP contribution in [0.4, 0.5) is 0 Å². The Morgan fingerprint density at radius 3 is 2.86 bits per heavy atom. The van der Waals surface area contributed by atoms with Crippen LogP contribution in [0.2, 0.25) is 0 Å². The zero-order valence-corrected chi connectivity index (χ0v) is 14.6. The molecule has 122 valence electrons. The number of benzene rings is 1. The molecule has 1 fully saturated rings. The Kier molecular flexibility index (Phi) is 5.75. The Labute approximate surface area is 136 Å². The van der Waals surface area contributed by atoms with Gasteiger partial charge in [0.25, 0.3) is 0 Å². The van der Waals surface area contributed by atoms with E-state index < -0.39 is 0 Å². The molecule has 0 amide bonds. The zero-order chi connectivity index (χ0) is 16.3. The number of phenolic OH excluding ortho intramolecular Hbond substituents is 1. The summed E-state index contributed by atoms with van der Waals surface area (Å²) in [6.45, 7) is 8.61. The molecule has 1 N–H and O–H groups in total. The molecule has 0 radical (unpaired) electrons. The summed E-state index contributed by atoms with van der Waals surface area (Å²) in [6, 6.07) is 3.95. The minimum atomic E-state index is -0.161. The second kappa shape index (κ2) is 7.38. The van der Waals surface area contributed by atoms with Crippen molar-refractivity contribution in [2.24, 2.45) is 0 Å². The molecule has 1 saturated heterocycles. The molecule has 5 heteroatoms. The monoisotopic (exact) mass is 323 g/mol. The van der Waals surface area contributed by atoms with Gasteiger partial charge in [0.2, 0.25) is 0 Å². The van der Waals surface area contributed by atoms with Gasteiger partial charge in [0, 0.05) is 31.0 Å². The van der Waals surface area contributed by atoms with Crippen molar-refractivity contribution in [1.82, 2.24) is 4.90 Å². The van der Waals surface area contributed by atoms with Crippen LogP contribution in [0.5, 0.6) is 5.75 Å². The van der Waals surface area contributed by atoms with Crippen LogP contribution >= 0.6 is 11.8 Å². The highest BCUT2D eigenvalue weighted by molar-refractivity contribution is 8.00. The highest BCUT2D eigenvalue weighted by Gasteiger charge is 2.27. The highest BCUT2D eigenvalue weighted by atomic mass is 32.2. The van der Waals surface area contributed by atoms with Crippen molar-refractivity contribution in [3.63, 3.8) is 0 Å². The summed E-state index contributed by atoms with van der Waals surface area (Å²) < 4.78 is 4.84. The van der Waals surface area contributed by atoms with Gasteiger partial charge in [-0.3, -0.25) is 9.69 Å². The molecule has 0 bridgehead atoms. The molecular weight excluding hydrogens is 298 g/mol. The van der Waals surface area contributed by atoms with Crippen LogP contribution < -0.4 is 0 Å². The fourth-order valence-electron chi connectivity index (χ4n) is 2.87. The highest BCUT2D eigenvalue weighted by Crippen LogP contribution is 2.29. The molecule has 2 rings (SSSR count).